The number of hydrogen-bond acceptors (Lipinski definition) is 40. The van der Waals surface area contributed by atoms with Crippen molar-refractivity contribution in [3.8, 4) is 46.0 Å². The third-order valence-corrected chi connectivity index (χ3v) is 27.7. The maximum atomic E-state index is 15.2. The van der Waals surface area contributed by atoms with Crippen molar-refractivity contribution in [1.82, 2.24) is 25.3 Å². The molecule has 16 N–H and O–H groups in total. The van der Waals surface area contributed by atoms with Gasteiger partial charge in [0.2, 0.25) is 24.8 Å². The lowest BCUT2D eigenvalue weighted by Gasteiger charge is -2.38. The third-order valence-electron chi connectivity index (χ3n) is 24.6. The molecule has 0 bridgehead atoms. The Kier molecular flexibility index (Phi) is 31.3. The molecule has 0 radical (unpaired) electrons. The quantitative estimate of drug-likeness (QED) is 0.0141. The molecule has 8 aliphatic heterocycles. The lowest BCUT2D eigenvalue weighted by atomic mass is 9.99. The van der Waals surface area contributed by atoms with E-state index in [2.05, 4.69) is 10.6 Å². The molecular weight excluding hydrogens is 1970 g/mol. The van der Waals surface area contributed by atoms with Crippen LogP contribution in [0.3, 0.4) is 0 Å². The third kappa shape index (κ3) is 22.3. The van der Waals surface area contributed by atoms with E-state index in [0.717, 1.165) is 65.9 Å². The van der Waals surface area contributed by atoms with E-state index in [-0.39, 0.29) is 150 Å². The van der Waals surface area contributed by atoms with Crippen LogP contribution < -0.4 is 57.8 Å². The fraction of sp³-hybridized carbons (Fsp3) is 0.387. The van der Waals surface area contributed by atoms with Gasteiger partial charge >= 0.3 is 40.2 Å². The highest BCUT2D eigenvalue weighted by molar-refractivity contribution is 7.86. The van der Waals surface area contributed by atoms with E-state index in [1.54, 1.807) is 10.8 Å². The van der Waals surface area contributed by atoms with Crippen LogP contribution >= 0.6 is 22.7 Å². The van der Waals surface area contributed by atoms with Crippen LogP contribution in [0.2, 0.25) is 0 Å². The van der Waals surface area contributed by atoms with Gasteiger partial charge in [-0.05, 0) is 129 Å². The van der Waals surface area contributed by atoms with Crippen molar-refractivity contribution in [3.63, 3.8) is 0 Å². The van der Waals surface area contributed by atoms with Crippen molar-refractivity contribution < 1.29 is 198 Å². The molecule has 2 unspecified atom stereocenters. The summed E-state index contributed by atoms with van der Waals surface area (Å²) in [6.07, 6.45) is -34.5. The van der Waals surface area contributed by atoms with Crippen LogP contribution in [-0.4, -0.2) is 324 Å². The number of anilines is 2. The fourth-order valence-electron chi connectivity index (χ4n) is 17.1. The molecule has 8 amide bonds. The Morgan fingerprint density at radius 2 is 0.889 bits per heavy atom. The molecule has 3 saturated heterocycles. The van der Waals surface area contributed by atoms with Gasteiger partial charge in [0.1, 0.15) is 110 Å². The highest BCUT2D eigenvalue weighted by Gasteiger charge is 2.54. The lowest BCUT2D eigenvalue weighted by Crippen LogP contribution is -2.61. The molecule has 8 aromatic rings. The molecule has 48 nitrogen and oxygen atoms in total. The largest absolute Gasteiger partial charge is 0.493 e. The highest BCUT2D eigenvalue weighted by atomic mass is 32.2. The average molecular weight is 2060 g/mol. The minimum atomic E-state index is -5.21. The number of carboxylic acid groups (broad SMARTS) is 3. The van der Waals surface area contributed by atoms with Crippen molar-refractivity contribution in [2.45, 2.75) is 181 Å². The van der Waals surface area contributed by atoms with Crippen molar-refractivity contribution in [2.24, 2.45) is 0 Å². The first-order valence-electron chi connectivity index (χ1n) is 44.3. The number of methoxy groups -OCH3 is 2. The van der Waals surface area contributed by atoms with E-state index in [4.69, 9.17) is 65.8 Å². The molecule has 8 aliphatic rings. The topological polar surface area (TPSA) is 675 Å². The summed E-state index contributed by atoms with van der Waals surface area (Å²) in [5, 5.41) is 158. The molecule has 2 aromatic heterocycles. The predicted octanol–water partition coefficient (Wildman–Crippen LogP) is -0.0311. The minimum absolute atomic E-state index is 0.000891. The molecule has 3 fully saturated rings. The van der Waals surface area contributed by atoms with Crippen LogP contribution in [0.5, 0.6) is 46.0 Å². The lowest BCUT2D eigenvalue weighted by molar-refractivity contribution is -0.271. The molecule has 766 valence electrons. The Morgan fingerprint density at radius 3 is 1.32 bits per heavy atom. The smallest absolute Gasteiger partial charge is 0.416 e. The number of fused-ring (bicyclic) bond motifs is 6. The average Bonchev–Trinajstić information content (AvgIpc) is 1.60. The fourth-order valence-corrected chi connectivity index (χ4v) is 20.1. The van der Waals surface area contributed by atoms with Crippen molar-refractivity contribution >= 4 is 110 Å². The van der Waals surface area contributed by atoms with Gasteiger partial charge in [-0.3, -0.25) is 33.7 Å². The molecule has 10 heterocycles. The maximum Gasteiger partial charge on any atom is 0.416 e. The minimum Gasteiger partial charge on any atom is -0.493 e. The number of benzene rings is 6. The number of carboxylic acids is 3. The van der Waals surface area contributed by atoms with Crippen LogP contribution in [0, 0.1) is 0 Å². The van der Waals surface area contributed by atoms with Gasteiger partial charge < -0.3 is 158 Å². The maximum absolute atomic E-state index is 15.2. The van der Waals surface area contributed by atoms with Crippen LogP contribution in [0.25, 0.3) is 0 Å². The molecule has 0 spiro atoms. The summed E-state index contributed by atoms with van der Waals surface area (Å²) in [6, 6.07) is 24.1. The standard InChI is InChI=1S/C93H95N7O41S3/c1-128-60-29-53-55(99(84(116)57-33-64-47(16-23-142-64)35-97(57)82(53)114)92(124)133-37-42-3-8-50(9-4-42)135-89-75(110)69(104)72(107)78(138-89)86(118)119)31-62(60)131-39-44-25-45(27-52(26-44)141-144(126,127)41-49-28-46(7-12-59(49)137-91-77(112)71(106)74(109)80(140-91)88(122)123)81(113)95-19-22-130-21-18-94-66(101)15-20-96-67(102)13-14-68(96)103)40-132-63-32-56-54(30-61(63)129-2)83(115)98-36-48-17-24-143-65(48)34-58(98)85(117)100(56)93(125)134-38-43-5-10-51(11-6-43)136-90-76(111)70(105)73(108)79(139-90)87(120)121/h3-14,16-17,23-32,57-58,69-80,84-85,89-91,104-112,116-117H,15,18-22,33-41H2,1-2H3,(H,94,101)(H,95,113)(H,118,119)(H,120,121)(H,122,123)/t57-,58-,69-,70-,71-,72-,73-,74-,75+,76+,77+,78-,79-,80-,84?,85?,89+,90+,91+/m0/s1. The number of nitrogens with zero attached hydrogens (tertiary/aromatic N) is 5. The number of aliphatic hydroxyl groups excluding tert-OH is 11. The van der Waals surface area contributed by atoms with Gasteiger partial charge in [-0.1, -0.05) is 24.3 Å². The van der Waals surface area contributed by atoms with E-state index in [0.29, 0.717) is 0 Å². The summed E-state index contributed by atoms with van der Waals surface area (Å²) in [7, 11) is -2.76. The number of aliphatic hydroxyl groups is 11. The first-order valence-corrected chi connectivity index (χ1v) is 47.7. The number of carbonyl (C=O) groups excluding carboxylic acids is 8. The zero-order valence-electron chi connectivity index (χ0n) is 75.7. The second-order valence-corrected chi connectivity index (χ2v) is 37.6. The molecule has 19 atom stereocenters. The Balaban J connectivity index is 0.709. The Morgan fingerprint density at radius 1 is 0.458 bits per heavy atom. The molecule has 144 heavy (non-hydrogen) atoms. The predicted molar refractivity (Wildman–Crippen MR) is 486 cm³/mol. The number of amides is 8. The number of ether oxygens (including phenoxy) is 13. The number of carbonyl (C=O) groups is 11. The Bertz CT molecular complexity index is 6080. The highest BCUT2D eigenvalue weighted by Crippen LogP contribution is 2.47. The van der Waals surface area contributed by atoms with Crippen LogP contribution in [0.4, 0.5) is 21.0 Å². The van der Waals surface area contributed by atoms with E-state index >= 15 is 27.6 Å². The molecule has 0 saturated carbocycles. The normalized spacial score (nSPS) is 25.3. The van der Waals surface area contributed by atoms with Crippen molar-refractivity contribution in [2.75, 3.05) is 56.9 Å². The molecule has 6 aromatic carbocycles. The van der Waals surface area contributed by atoms with E-state index in [9.17, 15) is 105 Å². The van der Waals surface area contributed by atoms with Gasteiger partial charge in [0.15, 0.2) is 53.8 Å². The van der Waals surface area contributed by atoms with E-state index < -0.39 is 242 Å². The SMILES string of the molecule is COc1cc2c(cc1OCc1cc(COc3cc4c(cc3OC)C(=O)N3Cc5ccsc5C[C@H]3C(O)N4C(=O)OCc3ccc(O[C@@H]4O[C@H](C(=O)O)[C@@H](O)[C@H](O)[C@H]4O)cc3)cc(OS(=O)(=O)Cc3cc(C(=O)NCCOCCNC(=O)CCN4C(=O)C=CC4=O)ccc3O[C@@H]3O[C@H](C(=O)O)[C@@H](O)[C@H](O)[C@H]3O)c1)N(C(=O)OCc1ccc(O[C@@H]3O[C@H](C(=O)O)[C@@H](O)[C@H](O)[C@H]3O)cc1)C(O)[C@@H]1Cc3sccc3CN1C2=O. The van der Waals surface area contributed by atoms with Crippen LogP contribution in [-0.2, 0) is 125 Å². The molecule has 16 rings (SSSR count). The summed E-state index contributed by atoms with van der Waals surface area (Å²) in [4.78, 5) is 154. The molecule has 51 heteroatoms. The number of rotatable bonds is 35. The number of aliphatic carboxylic acids is 3. The van der Waals surface area contributed by atoms with E-state index in [1.165, 1.54) is 138 Å². The number of hydrogen-bond donors (Lipinski definition) is 16. The number of imide groups is 1. The monoisotopic (exact) mass is 2060 g/mol. The van der Waals surface area contributed by atoms with Crippen molar-refractivity contribution in [3.05, 3.63) is 210 Å². The summed E-state index contributed by atoms with van der Waals surface area (Å²) < 4.78 is 112. The second kappa shape index (κ2) is 43.8. The summed E-state index contributed by atoms with van der Waals surface area (Å²) in [6.45, 7) is -3.06. The van der Waals surface area contributed by atoms with Gasteiger partial charge in [0, 0.05) is 97.2 Å². The first-order chi connectivity index (χ1) is 68.8. The van der Waals surface area contributed by atoms with Gasteiger partial charge in [0.25, 0.3) is 29.5 Å². The van der Waals surface area contributed by atoms with Gasteiger partial charge in [0.05, 0.1) is 62.0 Å². The second-order valence-electron chi connectivity index (χ2n) is 34.0. The zero-order chi connectivity index (χ0) is 103. The van der Waals surface area contributed by atoms with Gasteiger partial charge in [-0.2, -0.15) is 8.42 Å². The molecular formula is C93H95N7O41S3. The summed E-state index contributed by atoms with van der Waals surface area (Å²) in [5.41, 5.74) is 0.348. The summed E-state index contributed by atoms with van der Waals surface area (Å²) in [5.74, 6) is -12.2. The first kappa shape index (κ1) is 103. The van der Waals surface area contributed by atoms with E-state index in [1.807, 2.05) is 12.1 Å². The van der Waals surface area contributed by atoms with Crippen LogP contribution in [0.15, 0.2) is 144 Å². The number of thiophene rings is 2. The summed E-state index contributed by atoms with van der Waals surface area (Å²) >= 11 is 2.70. The van der Waals surface area contributed by atoms with Gasteiger partial charge in [-0.15, -0.1) is 22.7 Å². The Labute approximate surface area is 822 Å². The zero-order valence-corrected chi connectivity index (χ0v) is 78.1. The number of nitrogens with one attached hydrogen (secondary N) is 2. The van der Waals surface area contributed by atoms with Crippen LogP contribution in [0.1, 0.15) is 86.2 Å². The van der Waals surface area contributed by atoms with Gasteiger partial charge in [-0.25, -0.2) is 33.8 Å². The van der Waals surface area contributed by atoms with Crippen molar-refractivity contribution in [1.29, 1.82) is 0 Å². The molecule has 0 aliphatic carbocycles. The Hall–Kier alpha value is -13.8.